The van der Waals surface area contributed by atoms with Crippen molar-refractivity contribution in [3.63, 3.8) is 0 Å². The monoisotopic (exact) mass is 389 g/mol. The first kappa shape index (κ1) is 18.5. The van der Waals surface area contributed by atoms with Crippen LogP contribution in [0, 0.1) is 11.3 Å². The van der Waals surface area contributed by atoms with Crippen molar-refractivity contribution in [1.82, 2.24) is 4.90 Å². The first-order chi connectivity index (χ1) is 13.0. The predicted octanol–water partition coefficient (Wildman–Crippen LogP) is 4.04. The van der Waals surface area contributed by atoms with Gasteiger partial charge in [-0.05, 0) is 43.0 Å². The summed E-state index contributed by atoms with van der Waals surface area (Å²) in [6.07, 6.45) is 2.39. The van der Waals surface area contributed by atoms with Crippen molar-refractivity contribution in [2.24, 2.45) is 11.3 Å². The Morgan fingerprint density at radius 2 is 2.07 bits per heavy atom. The third kappa shape index (κ3) is 3.91. The van der Waals surface area contributed by atoms with E-state index in [2.05, 4.69) is 4.90 Å². The Labute approximate surface area is 163 Å². The van der Waals surface area contributed by atoms with Crippen molar-refractivity contribution in [1.29, 1.82) is 0 Å². The van der Waals surface area contributed by atoms with Gasteiger partial charge in [-0.15, -0.1) is 0 Å². The molecule has 2 aliphatic rings. The highest BCUT2D eigenvalue weighted by Gasteiger charge is 2.51. The summed E-state index contributed by atoms with van der Waals surface area (Å²) < 4.78 is 5.97. The van der Waals surface area contributed by atoms with Gasteiger partial charge in [-0.2, -0.15) is 0 Å². The van der Waals surface area contributed by atoms with E-state index in [0.29, 0.717) is 43.4 Å². The van der Waals surface area contributed by atoms with E-state index in [9.17, 15) is 15.0 Å². The second kappa shape index (κ2) is 7.30. The van der Waals surface area contributed by atoms with Crippen molar-refractivity contribution in [2.45, 2.75) is 38.3 Å². The van der Waals surface area contributed by atoms with Crippen molar-refractivity contribution < 1.29 is 19.4 Å². The number of piperidine rings is 1. The van der Waals surface area contributed by atoms with Crippen LogP contribution in [0.2, 0.25) is 5.02 Å². The molecule has 1 saturated heterocycles. The van der Waals surface area contributed by atoms with Crippen molar-refractivity contribution in [2.75, 3.05) is 13.1 Å². The van der Waals surface area contributed by atoms with Gasteiger partial charge in [0.05, 0.1) is 12.6 Å². The van der Waals surface area contributed by atoms with E-state index in [0.717, 1.165) is 29.9 Å². The number of carboxylic acids is 1. The number of aliphatic hydroxyl groups excluding tert-OH is 1. The van der Waals surface area contributed by atoms with Crippen LogP contribution < -0.4 is 0 Å². The minimum Gasteiger partial charge on any atom is -0.481 e. The topological polar surface area (TPSA) is 73.9 Å². The molecule has 1 aliphatic carbocycles. The van der Waals surface area contributed by atoms with Gasteiger partial charge in [0.15, 0.2) is 0 Å². The highest BCUT2D eigenvalue weighted by molar-refractivity contribution is 6.30. The maximum Gasteiger partial charge on any atom is 0.313 e. The number of rotatable bonds is 6. The highest BCUT2D eigenvalue weighted by Crippen LogP contribution is 2.45. The summed E-state index contributed by atoms with van der Waals surface area (Å²) in [6.45, 7) is 1.55. The molecular weight excluding hydrogens is 366 g/mol. The molecule has 0 radical (unpaired) electrons. The summed E-state index contributed by atoms with van der Waals surface area (Å²) in [5, 5.41) is 21.0. The average molecular weight is 390 g/mol. The van der Waals surface area contributed by atoms with Gasteiger partial charge < -0.3 is 14.6 Å². The van der Waals surface area contributed by atoms with Crippen LogP contribution in [0.25, 0.3) is 11.3 Å². The number of carbonyl (C=O) groups is 1. The van der Waals surface area contributed by atoms with Gasteiger partial charge in [0, 0.05) is 23.7 Å². The third-order valence-electron chi connectivity index (χ3n) is 5.79. The Morgan fingerprint density at radius 1 is 1.26 bits per heavy atom. The molecule has 2 aromatic rings. The van der Waals surface area contributed by atoms with E-state index in [-0.39, 0.29) is 0 Å². The first-order valence-electron chi connectivity index (χ1n) is 9.45. The number of hydrogen-bond acceptors (Lipinski definition) is 4. The summed E-state index contributed by atoms with van der Waals surface area (Å²) in [6, 6.07) is 11.3. The lowest BCUT2D eigenvalue weighted by Gasteiger charge is -2.43. The van der Waals surface area contributed by atoms with Crippen molar-refractivity contribution in [3.8, 4) is 11.3 Å². The second-order valence-electron chi connectivity index (χ2n) is 7.90. The maximum absolute atomic E-state index is 12.0. The Bertz CT molecular complexity index is 831. The zero-order valence-electron chi connectivity index (χ0n) is 15.1. The second-order valence-corrected chi connectivity index (χ2v) is 8.34. The molecule has 0 amide bonds. The number of carboxylic acid groups (broad SMARTS) is 1. The van der Waals surface area contributed by atoms with Crippen LogP contribution in [-0.4, -0.2) is 40.3 Å². The van der Waals surface area contributed by atoms with Crippen molar-refractivity contribution in [3.05, 3.63) is 47.2 Å². The molecule has 2 N–H and O–H groups in total. The lowest BCUT2D eigenvalue weighted by atomic mass is 9.73. The van der Waals surface area contributed by atoms with Crippen LogP contribution in [0.5, 0.6) is 0 Å². The van der Waals surface area contributed by atoms with Gasteiger partial charge >= 0.3 is 5.97 Å². The number of nitrogens with zero attached hydrogens (tertiary/aromatic N) is 1. The fraction of sp³-hybridized carbons (Fsp3) is 0.476. The summed E-state index contributed by atoms with van der Waals surface area (Å²) in [7, 11) is 0. The van der Waals surface area contributed by atoms with E-state index in [1.54, 1.807) is 0 Å². The molecule has 1 aliphatic heterocycles. The van der Waals surface area contributed by atoms with Crippen LogP contribution in [0.4, 0.5) is 0 Å². The van der Waals surface area contributed by atoms with Gasteiger partial charge in [-0.1, -0.05) is 36.6 Å². The minimum atomic E-state index is -1.07. The molecule has 144 valence electrons. The van der Waals surface area contributed by atoms with E-state index < -0.39 is 17.5 Å². The fourth-order valence-corrected chi connectivity index (χ4v) is 4.31. The molecule has 0 spiro atoms. The number of aliphatic hydroxyl groups is 1. The third-order valence-corrected chi connectivity index (χ3v) is 6.02. The summed E-state index contributed by atoms with van der Waals surface area (Å²) in [5.41, 5.74) is -0.154. The van der Waals surface area contributed by atoms with Gasteiger partial charge in [-0.25, -0.2) is 0 Å². The van der Waals surface area contributed by atoms with Gasteiger partial charge in [0.1, 0.15) is 16.9 Å². The predicted molar refractivity (Wildman–Crippen MR) is 102 cm³/mol. The largest absolute Gasteiger partial charge is 0.481 e. The smallest absolute Gasteiger partial charge is 0.313 e. The molecule has 4 rings (SSSR count). The Balaban J connectivity index is 1.48. The normalized spacial score (nSPS) is 26.2. The van der Waals surface area contributed by atoms with Crippen LogP contribution in [0.15, 0.2) is 40.8 Å². The molecule has 1 aromatic heterocycles. The molecule has 2 atom stereocenters. The number of halogens is 1. The van der Waals surface area contributed by atoms with E-state index in [4.69, 9.17) is 16.0 Å². The number of furan rings is 1. The number of likely N-dealkylation sites (tertiary alicyclic amines) is 1. The molecule has 2 heterocycles. The lowest BCUT2D eigenvalue weighted by Crippen LogP contribution is -2.55. The lowest BCUT2D eigenvalue weighted by molar-refractivity contribution is -0.165. The molecule has 0 unspecified atom stereocenters. The van der Waals surface area contributed by atoms with Crippen LogP contribution in [0.1, 0.15) is 31.4 Å². The first-order valence-corrected chi connectivity index (χ1v) is 9.82. The van der Waals surface area contributed by atoms with Crippen LogP contribution in [-0.2, 0) is 11.3 Å². The van der Waals surface area contributed by atoms with E-state index in [1.807, 2.05) is 36.4 Å². The number of aliphatic carboxylic acids is 1. The zero-order valence-corrected chi connectivity index (χ0v) is 15.9. The van der Waals surface area contributed by atoms with Gasteiger partial charge in [-0.3, -0.25) is 9.69 Å². The van der Waals surface area contributed by atoms with Crippen LogP contribution in [0.3, 0.4) is 0 Å². The molecule has 27 heavy (non-hydrogen) atoms. The summed E-state index contributed by atoms with van der Waals surface area (Å²) in [5.74, 6) is 1.08. The molecule has 5 nitrogen and oxygen atoms in total. The highest BCUT2D eigenvalue weighted by atomic mass is 35.5. The molecule has 0 bridgehead atoms. The van der Waals surface area contributed by atoms with Crippen LogP contribution >= 0.6 is 11.6 Å². The maximum atomic E-state index is 12.0. The molecule has 2 fully saturated rings. The number of hydrogen-bond donors (Lipinski definition) is 2. The van der Waals surface area contributed by atoms with Crippen molar-refractivity contribution >= 4 is 17.6 Å². The summed E-state index contributed by atoms with van der Waals surface area (Å²) >= 11 is 6.05. The van der Waals surface area contributed by atoms with Gasteiger partial charge in [0.2, 0.25) is 0 Å². The Kier molecular flexibility index (Phi) is 5.01. The summed E-state index contributed by atoms with van der Waals surface area (Å²) in [4.78, 5) is 14.1. The quantitative estimate of drug-likeness (QED) is 0.780. The molecular formula is C21H24ClNO4. The standard InChI is InChI=1S/C21H24ClNO4/c22-16-3-1-2-15(10-16)18-7-6-17(27-18)12-23-9-8-19(24)21(13-23,20(25)26)11-14-4-5-14/h1-3,6-7,10,14,19,24H,4-5,8-9,11-13H2,(H,25,26)/t19-,21-/m0/s1. The molecule has 1 saturated carbocycles. The average Bonchev–Trinajstić information content (AvgIpc) is 3.32. The Morgan fingerprint density at radius 3 is 2.78 bits per heavy atom. The molecule has 1 aromatic carbocycles. The molecule has 6 heteroatoms. The zero-order chi connectivity index (χ0) is 19.0. The fourth-order valence-electron chi connectivity index (χ4n) is 4.11. The minimum absolute atomic E-state index is 0.354. The Hall–Kier alpha value is -1.82. The van der Waals surface area contributed by atoms with E-state index in [1.165, 1.54) is 0 Å². The van der Waals surface area contributed by atoms with Gasteiger partial charge in [0.25, 0.3) is 0 Å². The SMILES string of the molecule is O=C(O)[C@@]1(CC2CC2)CN(Cc2ccc(-c3cccc(Cl)c3)o2)CC[C@@H]1O. The number of benzene rings is 1. The van der Waals surface area contributed by atoms with E-state index >= 15 is 0 Å².